The van der Waals surface area contributed by atoms with E-state index in [-0.39, 0.29) is 29.0 Å². The van der Waals surface area contributed by atoms with E-state index in [0.29, 0.717) is 18.7 Å². The van der Waals surface area contributed by atoms with Crippen LogP contribution >= 0.6 is 0 Å². The number of nitrogens with one attached hydrogen (secondary N) is 1. The summed E-state index contributed by atoms with van der Waals surface area (Å²) in [4.78, 5) is 26.6. The Kier molecular flexibility index (Phi) is 5.17. The predicted molar refractivity (Wildman–Crippen MR) is 112 cm³/mol. The van der Waals surface area contributed by atoms with Crippen LogP contribution < -0.4 is 10.2 Å². The van der Waals surface area contributed by atoms with Crippen molar-refractivity contribution in [2.24, 2.45) is 5.92 Å². The summed E-state index contributed by atoms with van der Waals surface area (Å²) in [7, 11) is -3.65. The van der Waals surface area contributed by atoms with Gasteiger partial charge in [-0.25, -0.2) is 8.42 Å². The molecule has 1 N–H and O–H groups in total. The third-order valence-electron chi connectivity index (χ3n) is 5.53. The molecule has 1 heterocycles. The van der Waals surface area contributed by atoms with Crippen LogP contribution in [0.2, 0.25) is 0 Å². The number of rotatable bonds is 6. The van der Waals surface area contributed by atoms with Gasteiger partial charge in [0.25, 0.3) is 0 Å². The number of carbonyl (C=O) groups excluding carboxylic acids is 2. The second kappa shape index (κ2) is 7.63. The van der Waals surface area contributed by atoms with E-state index in [4.69, 9.17) is 0 Å². The van der Waals surface area contributed by atoms with Gasteiger partial charge in [0.05, 0.1) is 10.1 Å². The number of carbonyl (C=O) groups is 2. The zero-order chi connectivity index (χ0) is 20.6. The highest BCUT2D eigenvalue weighted by atomic mass is 32.2. The van der Waals surface area contributed by atoms with Crippen molar-refractivity contribution in [3.63, 3.8) is 0 Å². The Balaban J connectivity index is 1.47. The molecular formula is C22H24N2O4S. The lowest BCUT2D eigenvalue weighted by Gasteiger charge is -2.18. The van der Waals surface area contributed by atoms with Crippen LogP contribution in [0.15, 0.2) is 53.4 Å². The molecule has 1 fully saturated rings. The summed E-state index contributed by atoms with van der Waals surface area (Å²) in [6, 6.07) is 13.9. The van der Waals surface area contributed by atoms with Gasteiger partial charge in [-0.2, -0.15) is 0 Å². The Morgan fingerprint density at radius 3 is 2.55 bits per heavy atom. The maximum Gasteiger partial charge on any atom is 0.230 e. The van der Waals surface area contributed by atoms with Gasteiger partial charge in [0, 0.05) is 30.3 Å². The lowest BCUT2D eigenvalue weighted by molar-refractivity contribution is -0.119. The molecule has 4 rings (SSSR count). The third-order valence-corrected chi connectivity index (χ3v) is 7.66. The zero-order valence-electron chi connectivity index (χ0n) is 16.3. The van der Waals surface area contributed by atoms with Crippen LogP contribution in [0.5, 0.6) is 0 Å². The molecule has 29 heavy (non-hydrogen) atoms. The van der Waals surface area contributed by atoms with Gasteiger partial charge in [-0.15, -0.1) is 0 Å². The average Bonchev–Trinajstić information content (AvgIpc) is 3.47. The second-order valence-electron chi connectivity index (χ2n) is 7.78. The van der Waals surface area contributed by atoms with E-state index in [2.05, 4.69) is 5.32 Å². The number of fused-ring (bicyclic) bond motifs is 1. The van der Waals surface area contributed by atoms with E-state index in [1.54, 1.807) is 54.3 Å². The standard InChI is InChI=1S/C22H24N2O4S/c1-15(13-21(25)23-18-5-3-2-4-6-18)29(27,28)19-9-10-20-17(14-19)11-12-24(20)22(26)16-7-8-16/h2-6,9-10,14-16H,7-8,11-13H2,1H3,(H,23,25)/t15-/m0/s1. The van der Waals surface area contributed by atoms with Crippen molar-refractivity contribution in [1.82, 2.24) is 0 Å². The van der Waals surface area contributed by atoms with Gasteiger partial charge in [0.15, 0.2) is 9.84 Å². The summed E-state index contributed by atoms with van der Waals surface area (Å²) >= 11 is 0. The van der Waals surface area contributed by atoms with E-state index >= 15 is 0 Å². The Morgan fingerprint density at radius 2 is 1.86 bits per heavy atom. The van der Waals surface area contributed by atoms with Gasteiger partial charge in [-0.3, -0.25) is 9.59 Å². The summed E-state index contributed by atoms with van der Waals surface area (Å²) < 4.78 is 26.0. The number of amides is 2. The average molecular weight is 413 g/mol. The van der Waals surface area contributed by atoms with Crippen LogP contribution in [-0.2, 0) is 25.8 Å². The second-order valence-corrected chi connectivity index (χ2v) is 10.1. The Morgan fingerprint density at radius 1 is 1.14 bits per heavy atom. The normalized spacial score (nSPS) is 16.9. The summed E-state index contributed by atoms with van der Waals surface area (Å²) in [5, 5.41) is 1.87. The fourth-order valence-electron chi connectivity index (χ4n) is 3.67. The maximum absolute atomic E-state index is 13.0. The fourth-order valence-corrected chi connectivity index (χ4v) is 5.07. The lowest BCUT2D eigenvalue weighted by Crippen LogP contribution is -2.30. The maximum atomic E-state index is 13.0. The Bertz CT molecular complexity index is 1050. The summed E-state index contributed by atoms with van der Waals surface area (Å²) in [5.41, 5.74) is 2.33. The SMILES string of the molecule is C[C@@H](CC(=O)Nc1ccccc1)S(=O)(=O)c1ccc2c(c1)CCN2C(=O)C1CC1. The van der Waals surface area contributed by atoms with Gasteiger partial charge in [-0.1, -0.05) is 18.2 Å². The molecule has 0 spiro atoms. The zero-order valence-corrected chi connectivity index (χ0v) is 17.1. The van der Waals surface area contributed by atoms with Crippen LogP contribution in [0.4, 0.5) is 11.4 Å². The first kappa shape index (κ1) is 19.6. The van der Waals surface area contributed by atoms with Gasteiger partial charge in [0.2, 0.25) is 11.8 Å². The van der Waals surface area contributed by atoms with Crippen molar-refractivity contribution in [3.05, 3.63) is 54.1 Å². The van der Waals surface area contributed by atoms with Gasteiger partial charge in [-0.05, 0) is 62.1 Å². The number of para-hydroxylation sites is 1. The van der Waals surface area contributed by atoms with E-state index in [1.165, 1.54) is 0 Å². The number of benzene rings is 2. The first-order valence-corrected chi connectivity index (χ1v) is 11.4. The number of sulfone groups is 1. The topological polar surface area (TPSA) is 83.6 Å². The minimum Gasteiger partial charge on any atom is -0.326 e. The molecule has 2 aliphatic rings. The molecule has 1 aliphatic carbocycles. The van der Waals surface area contributed by atoms with E-state index in [0.717, 1.165) is 24.1 Å². The molecule has 0 unspecified atom stereocenters. The largest absolute Gasteiger partial charge is 0.326 e. The van der Waals surface area contributed by atoms with Crippen molar-refractivity contribution in [3.8, 4) is 0 Å². The van der Waals surface area contributed by atoms with Crippen LogP contribution in [-0.4, -0.2) is 32.0 Å². The van der Waals surface area contributed by atoms with E-state index in [1.807, 2.05) is 6.07 Å². The van der Waals surface area contributed by atoms with Crippen molar-refractivity contribution in [2.75, 3.05) is 16.8 Å². The molecular weight excluding hydrogens is 388 g/mol. The van der Waals surface area contributed by atoms with Crippen molar-refractivity contribution >= 4 is 33.0 Å². The molecule has 7 heteroatoms. The molecule has 1 saturated carbocycles. The van der Waals surface area contributed by atoms with Crippen molar-refractivity contribution < 1.29 is 18.0 Å². The predicted octanol–water partition coefficient (Wildman–Crippen LogP) is 3.18. The van der Waals surface area contributed by atoms with E-state index < -0.39 is 15.1 Å². The molecule has 2 amide bonds. The summed E-state index contributed by atoms with van der Waals surface area (Å²) in [6.07, 6.45) is 2.42. The highest BCUT2D eigenvalue weighted by molar-refractivity contribution is 7.92. The summed E-state index contributed by atoms with van der Waals surface area (Å²) in [6.45, 7) is 2.15. The summed E-state index contributed by atoms with van der Waals surface area (Å²) in [5.74, 6) is -0.0625. The number of nitrogens with zero attached hydrogens (tertiary/aromatic N) is 1. The van der Waals surface area contributed by atoms with Gasteiger partial charge in [0.1, 0.15) is 0 Å². The molecule has 2 aromatic rings. The fraction of sp³-hybridized carbons (Fsp3) is 0.364. The Labute approximate surface area is 170 Å². The first-order chi connectivity index (χ1) is 13.9. The molecule has 0 saturated heterocycles. The van der Waals surface area contributed by atoms with E-state index in [9.17, 15) is 18.0 Å². The molecule has 0 bridgehead atoms. The number of hydrogen-bond acceptors (Lipinski definition) is 4. The van der Waals surface area contributed by atoms with Gasteiger partial charge >= 0.3 is 0 Å². The smallest absolute Gasteiger partial charge is 0.230 e. The van der Waals surface area contributed by atoms with Crippen LogP contribution in [0.25, 0.3) is 0 Å². The number of hydrogen-bond donors (Lipinski definition) is 1. The molecule has 2 aromatic carbocycles. The quantitative estimate of drug-likeness (QED) is 0.790. The molecule has 0 aromatic heterocycles. The van der Waals surface area contributed by atoms with Crippen LogP contribution in [0, 0.1) is 5.92 Å². The molecule has 1 aliphatic heterocycles. The van der Waals surface area contributed by atoms with Crippen LogP contribution in [0.1, 0.15) is 31.7 Å². The Hall–Kier alpha value is -2.67. The third kappa shape index (κ3) is 4.05. The molecule has 152 valence electrons. The highest BCUT2D eigenvalue weighted by Gasteiger charge is 2.37. The molecule has 0 radical (unpaired) electrons. The van der Waals surface area contributed by atoms with Gasteiger partial charge < -0.3 is 10.2 Å². The first-order valence-electron chi connectivity index (χ1n) is 9.89. The van der Waals surface area contributed by atoms with Crippen molar-refractivity contribution in [1.29, 1.82) is 0 Å². The van der Waals surface area contributed by atoms with Crippen molar-refractivity contribution in [2.45, 2.75) is 42.8 Å². The minimum atomic E-state index is -3.65. The minimum absolute atomic E-state index is 0.124. The number of anilines is 2. The highest BCUT2D eigenvalue weighted by Crippen LogP contribution is 2.37. The van der Waals surface area contributed by atoms with Crippen LogP contribution in [0.3, 0.4) is 0 Å². The molecule has 1 atom stereocenters. The lowest BCUT2D eigenvalue weighted by atomic mass is 10.2. The monoisotopic (exact) mass is 412 g/mol. The molecule has 6 nitrogen and oxygen atoms in total.